The number of Topliss-reactive ketones (excluding diaryl/α,β-unsaturated/α-hetero) is 1. The van der Waals surface area contributed by atoms with E-state index in [0.717, 1.165) is 5.56 Å². The second-order valence-corrected chi connectivity index (χ2v) is 4.21. The van der Waals surface area contributed by atoms with Gasteiger partial charge < -0.3 is 0 Å². The minimum Gasteiger partial charge on any atom is -0.294 e. The highest BCUT2D eigenvalue weighted by atomic mass is 79.9. The maximum Gasteiger partial charge on any atom is 0.165 e. The molecule has 0 aliphatic heterocycles. The van der Waals surface area contributed by atoms with Crippen LogP contribution in [0.3, 0.4) is 0 Å². The lowest BCUT2D eigenvalue weighted by Gasteiger charge is -2.05. The third kappa shape index (κ3) is 2.72. The minimum absolute atomic E-state index is 0.0406. The lowest BCUT2D eigenvalue weighted by atomic mass is 10.1. The highest BCUT2D eigenvalue weighted by Gasteiger charge is 2.11. The van der Waals surface area contributed by atoms with Crippen molar-refractivity contribution in [2.45, 2.75) is 12.3 Å². The molecule has 1 aromatic carbocycles. The van der Waals surface area contributed by atoms with E-state index in [0.29, 0.717) is 28.2 Å². The zero-order valence-electron chi connectivity index (χ0n) is 7.40. The Morgan fingerprint density at radius 1 is 1.43 bits per heavy atom. The average molecular weight is 296 g/mol. The molecule has 0 saturated heterocycles. The van der Waals surface area contributed by atoms with Crippen LogP contribution in [0.2, 0.25) is 5.02 Å². The van der Waals surface area contributed by atoms with Gasteiger partial charge in [-0.2, -0.15) is 0 Å². The molecule has 0 aliphatic carbocycles. The van der Waals surface area contributed by atoms with Crippen LogP contribution in [0.4, 0.5) is 0 Å². The lowest BCUT2D eigenvalue weighted by molar-refractivity contribution is 0.0990. The van der Waals surface area contributed by atoms with Gasteiger partial charge in [-0.25, -0.2) is 0 Å². The zero-order valence-corrected chi connectivity index (χ0v) is 10.5. The van der Waals surface area contributed by atoms with Crippen LogP contribution in [0.25, 0.3) is 0 Å². The van der Waals surface area contributed by atoms with Gasteiger partial charge in [0.25, 0.3) is 0 Å². The van der Waals surface area contributed by atoms with Crippen molar-refractivity contribution in [3.05, 3.63) is 34.3 Å². The van der Waals surface area contributed by atoms with Crippen molar-refractivity contribution in [3.63, 3.8) is 0 Å². The van der Waals surface area contributed by atoms with E-state index >= 15 is 0 Å². The predicted molar refractivity (Wildman–Crippen MR) is 63.8 cm³/mol. The number of halogens is 3. The summed E-state index contributed by atoms with van der Waals surface area (Å²) in [6, 6.07) is 5.34. The fourth-order valence-electron chi connectivity index (χ4n) is 1.12. The highest BCUT2D eigenvalue weighted by Crippen LogP contribution is 2.23. The number of hydrogen-bond acceptors (Lipinski definition) is 1. The summed E-state index contributed by atoms with van der Waals surface area (Å²) in [5.74, 6) is 0.368. The van der Waals surface area contributed by atoms with Crippen LogP contribution in [0, 0.1) is 0 Å². The van der Waals surface area contributed by atoms with E-state index in [1.807, 2.05) is 6.07 Å². The molecule has 1 rings (SSSR count). The van der Waals surface area contributed by atoms with Crippen LogP contribution in [0.15, 0.2) is 18.2 Å². The molecule has 0 bridgehead atoms. The normalized spacial score (nSPS) is 10.2. The molecule has 0 amide bonds. The number of hydrogen-bond donors (Lipinski definition) is 0. The van der Waals surface area contributed by atoms with Gasteiger partial charge in [0.1, 0.15) is 0 Å². The van der Waals surface area contributed by atoms with E-state index in [2.05, 4.69) is 15.9 Å². The molecule has 0 fully saturated rings. The summed E-state index contributed by atoms with van der Waals surface area (Å²) in [6.45, 7) is 0. The molecule has 76 valence electrons. The molecule has 0 N–H and O–H groups in total. The molecule has 4 heteroatoms. The molecule has 1 aromatic rings. The van der Waals surface area contributed by atoms with Gasteiger partial charge in [-0.15, -0.1) is 11.6 Å². The molecule has 0 unspecified atom stereocenters. The molecule has 14 heavy (non-hydrogen) atoms. The van der Waals surface area contributed by atoms with Gasteiger partial charge in [0, 0.05) is 23.2 Å². The number of ketones is 1. The summed E-state index contributed by atoms with van der Waals surface area (Å²) in [5, 5.41) is 1.13. The number of alkyl halides is 2. The first-order valence-electron chi connectivity index (χ1n) is 4.13. The quantitative estimate of drug-likeness (QED) is 0.605. The van der Waals surface area contributed by atoms with Crippen LogP contribution in [-0.4, -0.2) is 11.1 Å². The molecule has 0 aromatic heterocycles. The number of rotatable bonds is 4. The van der Waals surface area contributed by atoms with E-state index in [1.54, 1.807) is 12.1 Å². The maximum absolute atomic E-state index is 11.6. The Labute approximate surface area is 102 Å². The van der Waals surface area contributed by atoms with Crippen molar-refractivity contribution < 1.29 is 4.79 Å². The number of carbonyl (C=O) groups is 1. The second-order valence-electron chi connectivity index (χ2n) is 2.77. The van der Waals surface area contributed by atoms with Gasteiger partial charge in [-0.05, 0) is 11.6 Å². The third-order valence-corrected chi connectivity index (χ3v) is 2.98. The molecule has 0 heterocycles. The van der Waals surface area contributed by atoms with E-state index in [4.69, 9.17) is 23.2 Å². The fraction of sp³-hybridized carbons (Fsp3) is 0.300. The van der Waals surface area contributed by atoms with Crippen molar-refractivity contribution >= 4 is 44.9 Å². The summed E-state index contributed by atoms with van der Waals surface area (Å²) in [5.41, 5.74) is 1.36. The summed E-state index contributed by atoms with van der Waals surface area (Å²) in [6.07, 6.45) is 0.450. The van der Waals surface area contributed by atoms with Gasteiger partial charge in [-0.3, -0.25) is 4.79 Å². The van der Waals surface area contributed by atoms with Crippen molar-refractivity contribution in [2.75, 3.05) is 5.33 Å². The topological polar surface area (TPSA) is 17.1 Å². The molecule has 0 atom stereocenters. The fourth-order valence-corrected chi connectivity index (χ4v) is 2.07. The van der Waals surface area contributed by atoms with Crippen molar-refractivity contribution in [1.29, 1.82) is 0 Å². The van der Waals surface area contributed by atoms with Gasteiger partial charge >= 0.3 is 0 Å². The van der Waals surface area contributed by atoms with E-state index in [1.165, 1.54) is 0 Å². The largest absolute Gasteiger partial charge is 0.294 e. The Kier molecular flexibility index (Phi) is 4.93. The van der Waals surface area contributed by atoms with Crippen LogP contribution in [-0.2, 0) is 5.88 Å². The Balaban J connectivity index is 3.03. The van der Waals surface area contributed by atoms with Crippen molar-refractivity contribution in [3.8, 4) is 0 Å². The van der Waals surface area contributed by atoms with E-state index in [-0.39, 0.29) is 5.78 Å². The average Bonchev–Trinajstić information content (AvgIpc) is 2.18. The smallest absolute Gasteiger partial charge is 0.165 e. The number of carbonyl (C=O) groups excluding carboxylic acids is 1. The summed E-state index contributed by atoms with van der Waals surface area (Å²) >= 11 is 14.9. The van der Waals surface area contributed by atoms with E-state index < -0.39 is 0 Å². The monoisotopic (exact) mass is 294 g/mol. The number of benzene rings is 1. The maximum atomic E-state index is 11.6. The molecule has 1 nitrogen and oxygen atoms in total. The first-order valence-corrected chi connectivity index (χ1v) is 6.16. The predicted octanol–water partition coefficient (Wildman–Crippen LogP) is 4.05. The molecule has 0 spiro atoms. The minimum atomic E-state index is 0.0406. The Morgan fingerprint density at radius 2 is 2.14 bits per heavy atom. The SMILES string of the molecule is O=C(CCBr)c1cccc(CCl)c1Cl. The zero-order chi connectivity index (χ0) is 10.6. The van der Waals surface area contributed by atoms with Gasteiger partial charge in [0.05, 0.1) is 5.02 Å². The highest BCUT2D eigenvalue weighted by molar-refractivity contribution is 9.09. The Bertz CT molecular complexity index is 339. The van der Waals surface area contributed by atoms with Crippen LogP contribution < -0.4 is 0 Å². The standard InChI is InChI=1S/C10H9BrCl2O/c11-5-4-9(14)8-3-1-2-7(6-12)10(8)13/h1-3H,4-6H2. The summed E-state index contributed by atoms with van der Waals surface area (Å²) in [7, 11) is 0. The summed E-state index contributed by atoms with van der Waals surface area (Å²) in [4.78, 5) is 11.6. The van der Waals surface area contributed by atoms with Gasteiger partial charge in [0.15, 0.2) is 5.78 Å². The Morgan fingerprint density at radius 3 is 2.71 bits per heavy atom. The Hall–Kier alpha value is -0.0500. The molecular formula is C10H9BrCl2O. The van der Waals surface area contributed by atoms with E-state index in [9.17, 15) is 4.79 Å². The first-order chi connectivity index (χ1) is 6.70. The lowest BCUT2D eigenvalue weighted by Crippen LogP contribution is -2.01. The second kappa shape index (κ2) is 5.74. The molecule has 0 aliphatic rings. The van der Waals surface area contributed by atoms with Crippen molar-refractivity contribution in [1.82, 2.24) is 0 Å². The van der Waals surface area contributed by atoms with Crippen molar-refractivity contribution in [2.24, 2.45) is 0 Å². The summed E-state index contributed by atoms with van der Waals surface area (Å²) < 4.78 is 0. The first kappa shape index (κ1) is 12.0. The van der Waals surface area contributed by atoms with Gasteiger partial charge in [-0.1, -0.05) is 39.7 Å². The van der Waals surface area contributed by atoms with Gasteiger partial charge in [0.2, 0.25) is 0 Å². The van der Waals surface area contributed by atoms with Crippen LogP contribution in [0.5, 0.6) is 0 Å². The molecule has 0 saturated carbocycles. The van der Waals surface area contributed by atoms with Crippen LogP contribution in [0.1, 0.15) is 22.3 Å². The molecule has 0 radical (unpaired) electrons. The van der Waals surface area contributed by atoms with Crippen LogP contribution >= 0.6 is 39.1 Å². The molecular weight excluding hydrogens is 287 g/mol. The third-order valence-electron chi connectivity index (χ3n) is 1.84.